The third kappa shape index (κ3) is 12.7. The summed E-state index contributed by atoms with van der Waals surface area (Å²) >= 11 is 0. The van der Waals surface area contributed by atoms with Gasteiger partial charge in [-0.05, 0) is 50.7 Å². The molecule has 3 aromatic carbocycles. The fraction of sp³-hybridized carbons (Fsp3) is 0.571. The zero-order chi connectivity index (χ0) is 36.3. The molecule has 0 spiro atoms. The van der Waals surface area contributed by atoms with Crippen molar-refractivity contribution in [1.82, 2.24) is 0 Å². The van der Waals surface area contributed by atoms with Crippen LogP contribution in [0.2, 0.25) is 0 Å². The van der Waals surface area contributed by atoms with Crippen molar-refractivity contribution >= 4 is 0 Å². The quantitative estimate of drug-likeness (QED) is 0.0380. The minimum Gasteiger partial charge on any atom is -0.508 e. The lowest BCUT2D eigenvalue weighted by Crippen LogP contribution is -2.00. The molecule has 0 unspecified atom stereocenters. The van der Waals surface area contributed by atoms with Gasteiger partial charge in [0, 0.05) is 34.9 Å². The second-order valence-electron chi connectivity index (χ2n) is 13.7. The summed E-state index contributed by atoms with van der Waals surface area (Å²) in [5.74, 6) is -1.03. The van der Waals surface area contributed by atoms with Gasteiger partial charge >= 0.3 is 0 Å². The molecule has 0 aliphatic heterocycles. The van der Waals surface area contributed by atoms with Crippen molar-refractivity contribution in [1.29, 1.82) is 0 Å². The Labute approximate surface area is 299 Å². The average Bonchev–Trinajstić information content (AvgIpc) is 3.07. The van der Waals surface area contributed by atoms with Crippen LogP contribution in [-0.4, -0.2) is 30.6 Å². The maximum absolute atomic E-state index is 11.7. The molecule has 8 nitrogen and oxygen atoms in total. The molecule has 0 heterocycles. The molecule has 0 saturated carbocycles. The van der Waals surface area contributed by atoms with Gasteiger partial charge in [-0.15, -0.1) is 0 Å². The maximum Gasteiger partial charge on any atom is 0.176 e. The number of phenolic OH excluding ortho intramolecular Hbond substituents is 6. The van der Waals surface area contributed by atoms with Crippen molar-refractivity contribution in [3.63, 3.8) is 0 Å². The normalized spacial score (nSPS) is 11.3. The smallest absolute Gasteiger partial charge is 0.176 e. The van der Waals surface area contributed by atoms with Gasteiger partial charge in [0.2, 0.25) is 0 Å². The van der Waals surface area contributed by atoms with E-state index in [2.05, 4.69) is 20.8 Å². The topological polar surface area (TPSA) is 140 Å². The van der Waals surface area contributed by atoms with Gasteiger partial charge in [0.15, 0.2) is 46.0 Å². The summed E-state index contributed by atoms with van der Waals surface area (Å²) in [5, 5.41) is 65.4. The minimum atomic E-state index is -0.299. The first-order valence-corrected chi connectivity index (χ1v) is 19.2. The molecular weight excluding hydrogens is 632 g/mol. The van der Waals surface area contributed by atoms with E-state index in [9.17, 15) is 30.6 Å². The largest absolute Gasteiger partial charge is 0.508 e. The fourth-order valence-corrected chi connectivity index (χ4v) is 6.50. The highest BCUT2D eigenvalue weighted by Gasteiger charge is 2.25. The molecule has 0 amide bonds. The highest BCUT2D eigenvalue weighted by atomic mass is 16.5. The Morgan fingerprint density at radius 1 is 0.400 bits per heavy atom. The van der Waals surface area contributed by atoms with Gasteiger partial charge in [-0.25, -0.2) is 0 Å². The number of rotatable bonds is 25. The lowest BCUT2D eigenvalue weighted by Gasteiger charge is -2.21. The summed E-state index contributed by atoms with van der Waals surface area (Å²) in [6.45, 7) is 6.52. The van der Waals surface area contributed by atoms with Gasteiger partial charge in [0.05, 0.1) is 0 Å². The second kappa shape index (κ2) is 22.0. The van der Waals surface area contributed by atoms with Gasteiger partial charge in [-0.2, -0.15) is 0 Å². The number of aromatic hydroxyl groups is 6. The van der Waals surface area contributed by atoms with Crippen molar-refractivity contribution in [3.05, 3.63) is 47.0 Å². The SMILES string of the molecule is CCCCCCCCc1cc(O)cc(O)c1Oc1cc(O)c(Oc2c(O)cc(O)cc2CCCCCCCC)c(CCCCCCCC)c1O. The Hall–Kier alpha value is -3.94. The summed E-state index contributed by atoms with van der Waals surface area (Å²) in [6.07, 6.45) is 20.5. The molecule has 0 bridgehead atoms. The molecule has 0 aromatic heterocycles. The first-order chi connectivity index (χ1) is 24.2. The van der Waals surface area contributed by atoms with E-state index in [0.717, 1.165) is 103 Å². The highest BCUT2D eigenvalue weighted by Crippen LogP contribution is 2.51. The van der Waals surface area contributed by atoms with Crippen LogP contribution in [0, 0.1) is 0 Å². The van der Waals surface area contributed by atoms with Gasteiger partial charge in [0.25, 0.3) is 0 Å². The zero-order valence-corrected chi connectivity index (χ0v) is 30.7. The zero-order valence-electron chi connectivity index (χ0n) is 30.7. The van der Waals surface area contributed by atoms with E-state index in [0.29, 0.717) is 36.0 Å². The Bertz CT molecular complexity index is 1450. The number of ether oxygens (including phenoxy) is 2. The van der Waals surface area contributed by atoms with Gasteiger partial charge in [0.1, 0.15) is 11.5 Å². The van der Waals surface area contributed by atoms with Crippen molar-refractivity contribution in [2.75, 3.05) is 0 Å². The molecule has 8 heteroatoms. The van der Waals surface area contributed by atoms with E-state index < -0.39 is 0 Å². The average molecular weight is 695 g/mol. The summed E-state index contributed by atoms with van der Waals surface area (Å²) in [5.41, 5.74) is 1.53. The van der Waals surface area contributed by atoms with E-state index >= 15 is 0 Å². The van der Waals surface area contributed by atoms with Crippen LogP contribution in [0.4, 0.5) is 0 Å². The van der Waals surface area contributed by atoms with Gasteiger partial charge in [-0.3, -0.25) is 0 Å². The van der Waals surface area contributed by atoms with Crippen LogP contribution in [0.5, 0.6) is 57.5 Å². The molecule has 3 aromatic rings. The fourth-order valence-electron chi connectivity index (χ4n) is 6.50. The molecule has 0 saturated heterocycles. The van der Waals surface area contributed by atoms with Gasteiger partial charge < -0.3 is 40.1 Å². The third-order valence-corrected chi connectivity index (χ3v) is 9.35. The van der Waals surface area contributed by atoms with E-state index in [1.54, 1.807) is 12.1 Å². The van der Waals surface area contributed by atoms with Crippen LogP contribution in [-0.2, 0) is 19.3 Å². The molecule has 0 aliphatic rings. The van der Waals surface area contributed by atoms with Crippen LogP contribution in [0.15, 0.2) is 30.3 Å². The van der Waals surface area contributed by atoms with Crippen LogP contribution in [0.25, 0.3) is 0 Å². The number of hydrogen-bond acceptors (Lipinski definition) is 8. The lowest BCUT2D eigenvalue weighted by atomic mass is 10.0. The number of phenols is 6. The molecular formula is C42H62O8. The van der Waals surface area contributed by atoms with Crippen LogP contribution < -0.4 is 9.47 Å². The molecule has 6 N–H and O–H groups in total. The first-order valence-electron chi connectivity index (χ1n) is 19.2. The summed E-state index contributed by atoms with van der Waals surface area (Å²) in [4.78, 5) is 0. The van der Waals surface area contributed by atoms with Crippen molar-refractivity contribution in [2.45, 2.75) is 156 Å². The van der Waals surface area contributed by atoms with Crippen molar-refractivity contribution in [3.8, 4) is 57.5 Å². The third-order valence-electron chi connectivity index (χ3n) is 9.35. The maximum atomic E-state index is 11.7. The Kier molecular flexibility index (Phi) is 17.8. The van der Waals surface area contributed by atoms with E-state index in [1.807, 2.05) is 0 Å². The van der Waals surface area contributed by atoms with E-state index in [4.69, 9.17) is 9.47 Å². The Morgan fingerprint density at radius 2 is 0.780 bits per heavy atom. The molecule has 0 atom stereocenters. The summed E-state index contributed by atoms with van der Waals surface area (Å²) < 4.78 is 12.4. The lowest BCUT2D eigenvalue weighted by molar-refractivity contribution is 0.351. The molecule has 3 rings (SSSR count). The molecule has 278 valence electrons. The number of aryl methyl sites for hydroxylation is 2. The number of hydrogen-bond donors (Lipinski definition) is 6. The number of benzene rings is 3. The standard InChI is InChI=1S/C42H62O8/c1-4-7-10-13-16-19-22-30-25-32(43)27-35(45)40(30)49-38-29-37(47)42(34(39(38)48)24-21-18-15-12-9-6-3)50-41-31(26-33(44)28-36(41)46)23-20-17-14-11-8-5-2/h25-29,43-48H,4-24H2,1-3H3. The highest BCUT2D eigenvalue weighted by molar-refractivity contribution is 5.64. The van der Waals surface area contributed by atoms with Crippen molar-refractivity contribution in [2.24, 2.45) is 0 Å². The van der Waals surface area contributed by atoms with Crippen LogP contribution >= 0.6 is 0 Å². The molecule has 0 fully saturated rings. The summed E-state index contributed by atoms with van der Waals surface area (Å²) in [6, 6.07) is 6.79. The van der Waals surface area contributed by atoms with Gasteiger partial charge in [-0.1, -0.05) is 117 Å². The molecule has 0 aliphatic carbocycles. The van der Waals surface area contributed by atoms with Crippen LogP contribution in [0.3, 0.4) is 0 Å². The van der Waals surface area contributed by atoms with E-state index in [1.165, 1.54) is 31.0 Å². The predicted molar refractivity (Wildman–Crippen MR) is 201 cm³/mol. The second-order valence-corrected chi connectivity index (χ2v) is 13.7. The van der Waals surface area contributed by atoms with E-state index in [-0.39, 0.29) is 57.5 Å². The monoisotopic (exact) mass is 694 g/mol. The molecule has 0 radical (unpaired) electrons. The predicted octanol–water partition coefficient (Wildman–Crippen LogP) is 12.2. The Balaban J connectivity index is 1.95. The van der Waals surface area contributed by atoms with Crippen LogP contribution in [0.1, 0.15) is 153 Å². The first kappa shape index (κ1) is 40.5. The summed E-state index contributed by atoms with van der Waals surface area (Å²) in [7, 11) is 0. The Morgan fingerprint density at radius 3 is 1.24 bits per heavy atom. The minimum absolute atomic E-state index is 0.0100. The molecule has 50 heavy (non-hydrogen) atoms. The van der Waals surface area contributed by atoms with Crippen molar-refractivity contribution < 1.29 is 40.1 Å². The number of unbranched alkanes of at least 4 members (excludes halogenated alkanes) is 15.